The van der Waals surface area contributed by atoms with E-state index in [4.69, 9.17) is 9.84 Å². The summed E-state index contributed by atoms with van der Waals surface area (Å²) in [5.74, 6) is 1.04. The quantitative estimate of drug-likeness (QED) is 0.690. The molecule has 0 unspecified atom stereocenters. The van der Waals surface area contributed by atoms with Crippen LogP contribution in [0.5, 0.6) is 0 Å². The minimum Gasteiger partial charge on any atom is -0.394 e. The average molecular weight is 188 g/mol. The van der Waals surface area contributed by atoms with Gasteiger partial charge in [0.15, 0.2) is 0 Å². The monoisotopic (exact) mass is 188 g/mol. The van der Waals surface area contributed by atoms with Crippen molar-refractivity contribution in [3.63, 3.8) is 0 Å². The number of hydrogen-bond donors (Lipinski definition) is 1. The highest BCUT2D eigenvalue weighted by molar-refractivity contribution is 4.59. The van der Waals surface area contributed by atoms with Crippen molar-refractivity contribution >= 4 is 0 Å². The van der Waals surface area contributed by atoms with Crippen LogP contribution in [-0.2, 0) is 4.74 Å². The van der Waals surface area contributed by atoms with Crippen LogP contribution in [0.3, 0.4) is 0 Å². The molecule has 13 heavy (non-hydrogen) atoms. The summed E-state index contributed by atoms with van der Waals surface area (Å²) < 4.78 is 4.73. The van der Waals surface area contributed by atoms with E-state index in [1.54, 1.807) is 0 Å². The van der Waals surface area contributed by atoms with Crippen LogP contribution in [0.1, 0.15) is 46.0 Å². The molecule has 1 rings (SSSR count). The molecule has 2 heteroatoms. The van der Waals surface area contributed by atoms with Crippen molar-refractivity contribution in [2.24, 2.45) is 5.92 Å². The van der Waals surface area contributed by atoms with Gasteiger partial charge >= 0.3 is 0 Å². The lowest BCUT2D eigenvalue weighted by atomic mass is 9.91. The summed E-state index contributed by atoms with van der Waals surface area (Å²) in [6.07, 6.45) is 7.44. The predicted octanol–water partition coefficient (Wildman–Crippen LogP) is 2.60. The average Bonchev–Trinajstić information content (AvgIpc) is 2.17. The van der Waals surface area contributed by atoms with Gasteiger partial charge in [-0.15, -0.1) is 0 Å². The summed E-state index contributed by atoms with van der Waals surface area (Å²) in [4.78, 5) is 0. The third kappa shape index (κ3) is 9.84. The van der Waals surface area contributed by atoms with Crippen molar-refractivity contribution in [3.8, 4) is 0 Å². The third-order valence-electron chi connectivity index (χ3n) is 2.33. The van der Waals surface area contributed by atoms with Gasteiger partial charge in [0.25, 0.3) is 0 Å². The van der Waals surface area contributed by atoms with Crippen molar-refractivity contribution in [1.29, 1.82) is 0 Å². The summed E-state index contributed by atoms with van der Waals surface area (Å²) >= 11 is 0. The van der Waals surface area contributed by atoms with Crippen LogP contribution >= 0.6 is 0 Å². The Bertz CT molecular complexity index is 84.1. The molecule has 0 saturated heterocycles. The molecule has 0 heterocycles. The molecule has 1 N–H and O–H groups in total. The Morgan fingerprint density at radius 2 is 1.85 bits per heavy atom. The number of ether oxygens (including phenoxy) is 1. The molecule has 0 aromatic rings. The van der Waals surface area contributed by atoms with Crippen LogP contribution in [0.2, 0.25) is 0 Å². The fourth-order valence-electron chi connectivity index (χ4n) is 1.52. The Labute approximate surface area is 82.3 Å². The van der Waals surface area contributed by atoms with Gasteiger partial charge in [-0.2, -0.15) is 0 Å². The Morgan fingerprint density at radius 1 is 1.23 bits per heavy atom. The summed E-state index contributed by atoms with van der Waals surface area (Å²) in [5.41, 5.74) is 0. The largest absolute Gasteiger partial charge is 0.394 e. The first-order valence-electron chi connectivity index (χ1n) is 5.49. The van der Waals surface area contributed by atoms with Gasteiger partial charge in [0.2, 0.25) is 0 Å². The molecular weight excluding hydrogens is 164 g/mol. The van der Waals surface area contributed by atoms with Gasteiger partial charge in [-0.05, 0) is 12.8 Å². The fourth-order valence-corrected chi connectivity index (χ4v) is 1.52. The molecule has 0 bridgehead atoms. The van der Waals surface area contributed by atoms with Crippen molar-refractivity contribution in [2.45, 2.75) is 46.0 Å². The molecule has 1 aliphatic rings. The summed E-state index contributed by atoms with van der Waals surface area (Å²) in [6.45, 7) is 5.56. The van der Waals surface area contributed by atoms with Gasteiger partial charge in [-0.25, -0.2) is 0 Å². The lowest BCUT2D eigenvalue weighted by Crippen LogP contribution is -1.99. The van der Waals surface area contributed by atoms with E-state index < -0.39 is 0 Å². The fraction of sp³-hybridized carbons (Fsp3) is 1.00. The maximum absolute atomic E-state index is 8.07. The van der Waals surface area contributed by atoms with Crippen LogP contribution in [0, 0.1) is 5.92 Å². The minimum atomic E-state index is 0.133. The lowest BCUT2D eigenvalue weighted by Gasteiger charge is -2.15. The Morgan fingerprint density at radius 3 is 2.08 bits per heavy atom. The second-order valence-corrected chi connectivity index (χ2v) is 3.66. The van der Waals surface area contributed by atoms with Crippen molar-refractivity contribution in [3.05, 3.63) is 0 Å². The highest BCUT2D eigenvalue weighted by atomic mass is 16.5. The third-order valence-corrected chi connectivity index (χ3v) is 2.33. The van der Waals surface area contributed by atoms with E-state index in [0.29, 0.717) is 13.2 Å². The molecule has 0 amide bonds. The Hall–Kier alpha value is -0.0800. The molecule has 0 aromatic heterocycles. The normalized spacial score (nSPS) is 17.8. The Balaban J connectivity index is 0.000000226. The zero-order valence-corrected chi connectivity index (χ0v) is 9.09. The molecule has 80 valence electrons. The number of aliphatic hydroxyl groups excluding tert-OH is 1. The molecule has 1 fully saturated rings. The van der Waals surface area contributed by atoms with Gasteiger partial charge in [-0.3, -0.25) is 0 Å². The van der Waals surface area contributed by atoms with E-state index in [0.717, 1.165) is 5.92 Å². The van der Waals surface area contributed by atoms with Crippen LogP contribution in [0.15, 0.2) is 0 Å². The van der Waals surface area contributed by atoms with E-state index in [1.165, 1.54) is 32.1 Å². The molecule has 0 atom stereocenters. The summed E-state index contributed by atoms with van der Waals surface area (Å²) in [5, 5.41) is 8.07. The highest BCUT2D eigenvalue weighted by Crippen LogP contribution is 2.21. The summed E-state index contributed by atoms with van der Waals surface area (Å²) in [7, 11) is 0. The number of aliphatic hydroxyl groups is 1. The first-order valence-corrected chi connectivity index (χ1v) is 5.49. The topological polar surface area (TPSA) is 29.5 Å². The van der Waals surface area contributed by atoms with Gasteiger partial charge in [-0.1, -0.05) is 39.0 Å². The van der Waals surface area contributed by atoms with Gasteiger partial charge in [0.1, 0.15) is 0 Å². The molecule has 0 spiro atoms. The van der Waals surface area contributed by atoms with Gasteiger partial charge in [0, 0.05) is 6.61 Å². The predicted molar refractivity (Wildman–Crippen MR) is 55.8 cm³/mol. The van der Waals surface area contributed by atoms with Crippen LogP contribution in [0.25, 0.3) is 0 Å². The maximum atomic E-state index is 8.07. The first-order chi connectivity index (χ1) is 6.31. The maximum Gasteiger partial charge on any atom is 0.0697 e. The minimum absolute atomic E-state index is 0.133. The number of hydrogen-bond acceptors (Lipinski definition) is 2. The molecular formula is C11H24O2. The van der Waals surface area contributed by atoms with E-state index in [-0.39, 0.29) is 6.61 Å². The molecule has 2 nitrogen and oxygen atoms in total. The zero-order chi connectivity index (χ0) is 9.94. The molecule has 0 aliphatic heterocycles. The van der Waals surface area contributed by atoms with Gasteiger partial charge in [0.05, 0.1) is 13.2 Å². The molecule has 0 aromatic carbocycles. The summed E-state index contributed by atoms with van der Waals surface area (Å²) in [6, 6.07) is 0. The van der Waals surface area contributed by atoms with E-state index in [2.05, 4.69) is 6.92 Å². The molecule has 0 radical (unpaired) electrons. The van der Waals surface area contributed by atoms with Crippen molar-refractivity contribution < 1.29 is 9.84 Å². The number of rotatable bonds is 3. The van der Waals surface area contributed by atoms with Crippen molar-refractivity contribution in [1.82, 2.24) is 0 Å². The van der Waals surface area contributed by atoms with Crippen LogP contribution in [0.4, 0.5) is 0 Å². The molecule has 1 saturated carbocycles. The van der Waals surface area contributed by atoms with Crippen molar-refractivity contribution in [2.75, 3.05) is 19.8 Å². The standard InChI is InChI=1S/C7H14.C4H10O2/c1-7-5-3-2-4-6-7;1-2-6-4-3-5/h7H,2-6H2,1H3;5H,2-4H2,1H3. The highest BCUT2D eigenvalue weighted by Gasteiger charge is 2.05. The SMILES string of the molecule is CC1CCCCC1.CCOCCO. The lowest BCUT2D eigenvalue weighted by molar-refractivity contribution is 0.102. The van der Waals surface area contributed by atoms with Crippen LogP contribution in [-0.4, -0.2) is 24.9 Å². The zero-order valence-electron chi connectivity index (χ0n) is 9.09. The van der Waals surface area contributed by atoms with Gasteiger partial charge < -0.3 is 9.84 Å². The molecule has 1 aliphatic carbocycles. The van der Waals surface area contributed by atoms with E-state index in [9.17, 15) is 0 Å². The van der Waals surface area contributed by atoms with E-state index >= 15 is 0 Å². The second kappa shape index (κ2) is 10.0. The second-order valence-electron chi connectivity index (χ2n) is 3.66. The smallest absolute Gasteiger partial charge is 0.0697 e. The first kappa shape index (κ1) is 12.9. The van der Waals surface area contributed by atoms with E-state index in [1.807, 2.05) is 6.92 Å². The Kier molecular flexibility index (Phi) is 9.94. The van der Waals surface area contributed by atoms with Crippen LogP contribution < -0.4 is 0 Å².